The maximum atomic E-state index is 12.4. The Morgan fingerprint density at radius 1 is 1.20 bits per heavy atom. The fourth-order valence-corrected chi connectivity index (χ4v) is 2.26. The maximum Gasteiger partial charge on any atom is 0.401 e. The van der Waals surface area contributed by atoms with Crippen molar-refractivity contribution in [3.05, 3.63) is 35.4 Å². The van der Waals surface area contributed by atoms with Crippen molar-refractivity contribution in [1.82, 2.24) is 4.90 Å². The molecule has 0 radical (unpaired) electrons. The first-order valence-electron chi connectivity index (χ1n) is 6.86. The number of hydrogen-bond donors (Lipinski definition) is 1. The Morgan fingerprint density at radius 2 is 1.85 bits per heavy atom. The first-order chi connectivity index (χ1) is 9.33. The zero-order valence-corrected chi connectivity index (χ0v) is 12.0. The molecule has 0 aromatic heterocycles. The van der Waals surface area contributed by atoms with Crippen molar-refractivity contribution in [2.75, 3.05) is 19.6 Å². The lowest BCUT2D eigenvalue weighted by atomic mass is 10.0. The van der Waals surface area contributed by atoms with Gasteiger partial charge in [0.25, 0.3) is 0 Å². The van der Waals surface area contributed by atoms with Gasteiger partial charge in [0.1, 0.15) is 0 Å². The van der Waals surface area contributed by atoms with Crippen molar-refractivity contribution >= 4 is 0 Å². The smallest absolute Gasteiger partial charge is 0.388 e. The van der Waals surface area contributed by atoms with Crippen molar-refractivity contribution < 1.29 is 18.3 Å². The number of rotatable bonds is 7. The maximum absolute atomic E-state index is 12.4. The van der Waals surface area contributed by atoms with Gasteiger partial charge in [-0.1, -0.05) is 31.2 Å². The van der Waals surface area contributed by atoms with Crippen molar-refractivity contribution in [3.63, 3.8) is 0 Å². The molecule has 0 aliphatic carbocycles. The molecule has 0 saturated heterocycles. The first kappa shape index (κ1) is 17.0. The Labute approximate surface area is 118 Å². The van der Waals surface area contributed by atoms with Gasteiger partial charge in [0.15, 0.2) is 0 Å². The highest BCUT2D eigenvalue weighted by Crippen LogP contribution is 2.22. The average Bonchev–Trinajstić information content (AvgIpc) is 2.34. The molecule has 5 heteroatoms. The van der Waals surface area contributed by atoms with Crippen molar-refractivity contribution in [2.24, 2.45) is 0 Å². The fourth-order valence-electron chi connectivity index (χ4n) is 2.26. The van der Waals surface area contributed by atoms with E-state index in [2.05, 4.69) is 0 Å². The molecule has 1 aromatic carbocycles. The predicted octanol–water partition coefficient (Wildman–Crippen LogP) is 3.69. The number of aryl methyl sites for hydroxylation is 1. The van der Waals surface area contributed by atoms with Crippen LogP contribution in [0.25, 0.3) is 0 Å². The van der Waals surface area contributed by atoms with Gasteiger partial charge in [0.05, 0.1) is 12.6 Å². The Bertz CT molecular complexity index is 406. The summed E-state index contributed by atoms with van der Waals surface area (Å²) < 4.78 is 37.3. The molecule has 1 unspecified atom stereocenters. The van der Waals surface area contributed by atoms with E-state index in [1.165, 1.54) is 4.90 Å². The predicted molar refractivity (Wildman–Crippen MR) is 73.5 cm³/mol. The molecule has 1 N–H and O–H groups in total. The van der Waals surface area contributed by atoms with Gasteiger partial charge in [-0.2, -0.15) is 13.2 Å². The third-order valence-electron chi connectivity index (χ3n) is 3.21. The third-order valence-corrected chi connectivity index (χ3v) is 3.21. The zero-order valence-electron chi connectivity index (χ0n) is 12.0. The van der Waals surface area contributed by atoms with E-state index in [4.69, 9.17) is 0 Å². The molecule has 0 aliphatic heterocycles. The molecule has 114 valence electrons. The Hall–Kier alpha value is -1.07. The summed E-state index contributed by atoms with van der Waals surface area (Å²) in [5.74, 6) is 0. The number of aliphatic hydroxyl groups is 1. The van der Waals surface area contributed by atoms with Crippen LogP contribution in [0.5, 0.6) is 0 Å². The summed E-state index contributed by atoms with van der Waals surface area (Å²) in [4.78, 5) is 1.35. The molecule has 0 aliphatic rings. The van der Waals surface area contributed by atoms with E-state index >= 15 is 0 Å². The van der Waals surface area contributed by atoms with E-state index in [-0.39, 0.29) is 6.54 Å². The quantitative estimate of drug-likeness (QED) is 0.827. The second-order valence-corrected chi connectivity index (χ2v) is 5.05. The number of alkyl halides is 3. The topological polar surface area (TPSA) is 23.5 Å². The van der Waals surface area contributed by atoms with Crippen LogP contribution in [0.1, 0.15) is 37.0 Å². The SMILES string of the molecule is CCCN(CCC(O)c1ccccc1C)CC(F)(F)F. The van der Waals surface area contributed by atoms with E-state index in [1.807, 2.05) is 38.1 Å². The van der Waals surface area contributed by atoms with Crippen LogP contribution >= 0.6 is 0 Å². The van der Waals surface area contributed by atoms with E-state index in [0.29, 0.717) is 19.4 Å². The van der Waals surface area contributed by atoms with Crippen molar-refractivity contribution in [2.45, 2.75) is 39.0 Å². The number of nitrogens with zero attached hydrogens (tertiary/aromatic N) is 1. The van der Waals surface area contributed by atoms with E-state index in [9.17, 15) is 18.3 Å². The highest BCUT2D eigenvalue weighted by Gasteiger charge is 2.30. The molecular formula is C15H22F3NO. The summed E-state index contributed by atoms with van der Waals surface area (Å²) in [6.07, 6.45) is -3.94. The highest BCUT2D eigenvalue weighted by molar-refractivity contribution is 5.27. The lowest BCUT2D eigenvalue weighted by Gasteiger charge is -2.24. The van der Waals surface area contributed by atoms with Crippen LogP contribution in [0.4, 0.5) is 13.2 Å². The third kappa shape index (κ3) is 5.92. The molecule has 0 spiro atoms. The summed E-state index contributed by atoms with van der Waals surface area (Å²) in [5, 5.41) is 10.1. The standard InChI is InChI=1S/C15H22F3NO/c1-3-9-19(11-15(16,17)18)10-8-14(20)13-7-5-4-6-12(13)2/h4-7,14,20H,3,8-11H2,1-2H3. The van der Waals surface area contributed by atoms with Gasteiger partial charge >= 0.3 is 6.18 Å². The van der Waals surface area contributed by atoms with Gasteiger partial charge in [-0.25, -0.2) is 0 Å². The normalized spacial score (nSPS) is 13.8. The zero-order chi connectivity index (χ0) is 15.2. The monoisotopic (exact) mass is 289 g/mol. The van der Waals surface area contributed by atoms with Gasteiger partial charge in [-0.05, 0) is 37.4 Å². The molecule has 0 saturated carbocycles. The summed E-state index contributed by atoms with van der Waals surface area (Å²) in [6.45, 7) is 3.45. The molecule has 1 rings (SSSR count). The van der Waals surface area contributed by atoms with Gasteiger partial charge in [0.2, 0.25) is 0 Å². The lowest BCUT2D eigenvalue weighted by Crippen LogP contribution is -2.36. The number of aliphatic hydroxyl groups excluding tert-OH is 1. The minimum absolute atomic E-state index is 0.239. The number of hydrogen-bond acceptors (Lipinski definition) is 2. The summed E-state index contributed by atoms with van der Waals surface area (Å²) >= 11 is 0. The van der Waals surface area contributed by atoms with E-state index in [1.54, 1.807) is 0 Å². The Balaban J connectivity index is 2.56. The molecule has 20 heavy (non-hydrogen) atoms. The summed E-state index contributed by atoms with van der Waals surface area (Å²) in [7, 11) is 0. The molecule has 1 aromatic rings. The molecule has 1 atom stereocenters. The minimum atomic E-state index is -4.19. The van der Waals surface area contributed by atoms with E-state index < -0.39 is 18.8 Å². The van der Waals surface area contributed by atoms with Crippen molar-refractivity contribution in [1.29, 1.82) is 0 Å². The van der Waals surface area contributed by atoms with Crippen molar-refractivity contribution in [3.8, 4) is 0 Å². The van der Waals surface area contributed by atoms with Gasteiger partial charge in [0, 0.05) is 6.54 Å². The largest absolute Gasteiger partial charge is 0.401 e. The molecule has 0 fully saturated rings. The lowest BCUT2D eigenvalue weighted by molar-refractivity contribution is -0.146. The van der Waals surface area contributed by atoms with Crippen LogP contribution < -0.4 is 0 Å². The molecule has 0 heterocycles. The summed E-state index contributed by atoms with van der Waals surface area (Å²) in [6, 6.07) is 7.40. The van der Waals surface area contributed by atoms with Crippen LogP contribution in [0.2, 0.25) is 0 Å². The second kappa shape index (κ2) is 7.64. The van der Waals surface area contributed by atoms with Crippen LogP contribution in [0.3, 0.4) is 0 Å². The Kier molecular flexibility index (Phi) is 6.49. The fraction of sp³-hybridized carbons (Fsp3) is 0.600. The van der Waals surface area contributed by atoms with E-state index in [0.717, 1.165) is 11.1 Å². The van der Waals surface area contributed by atoms with Crippen LogP contribution in [-0.4, -0.2) is 35.8 Å². The number of halogens is 3. The molecule has 0 bridgehead atoms. The Morgan fingerprint density at radius 3 is 2.40 bits per heavy atom. The molecular weight excluding hydrogens is 267 g/mol. The highest BCUT2D eigenvalue weighted by atomic mass is 19.4. The molecule has 2 nitrogen and oxygen atoms in total. The van der Waals surface area contributed by atoms with Crippen LogP contribution in [0.15, 0.2) is 24.3 Å². The average molecular weight is 289 g/mol. The summed E-state index contributed by atoms with van der Waals surface area (Å²) in [5.41, 5.74) is 1.74. The van der Waals surface area contributed by atoms with Crippen LogP contribution in [-0.2, 0) is 0 Å². The first-order valence-corrected chi connectivity index (χ1v) is 6.86. The molecule has 0 amide bonds. The van der Waals surface area contributed by atoms with Gasteiger partial charge < -0.3 is 5.11 Å². The van der Waals surface area contributed by atoms with Gasteiger partial charge in [-0.15, -0.1) is 0 Å². The number of benzene rings is 1. The van der Waals surface area contributed by atoms with Crippen LogP contribution in [0, 0.1) is 6.92 Å². The second-order valence-electron chi connectivity index (χ2n) is 5.05. The van der Waals surface area contributed by atoms with Gasteiger partial charge in [-0.3, -0.25) is 4.90 Å². The minimum Gasteiger partial charge on any atom is -0.388 e.